The molecule has 0 aliphatic heterocycles. The molecule has 1 aromatic carbocycles. The highest BCUT2D eigenvalue weighted by Gasteiger charge is 2.06. The van der Waals surface area contributed by atoms with E-state index >= 15 is 0 Å². The minimum absolute atomic E-state index is 0.176. The molecule has 0 unspecified atom stereocenters. The van der Waals surface area contributed by atoms with Crippen LogP contribution >= 0.6 is 0 Å². The van der Waals surface area contributed by atoms with Gasteiger partial charge >= 0.3 is 6.03 Å². The summed E-state index contributed by atoms with van der Waals surface area (Å²) in [6, 6.07) is 7.81. The fraction of sp³-hybridized carbons (Fsp3) is 0.294. The van der Waals surface area contributed by atoms with E-state index in [1.165, 1.54) is 11.1 Å². The summed E-state index contributed by atoms with van der Waals surface area (Å²) in [6.45, 7) is 6.69. The first-order valence-electron chi connectivity index (χ1n) is 7.08. The summed E-state index contributed by atoms with van der Waals surface area (Å²) in [6.07, 6.45) is 4.33. The molecule has 2 N–H and O–H groups in total. The van der Waals surface area contributed by atoms with Gasteiger partial charge in [-0.3, -0.25) is 4.98 Å². The monoisotopic (exact) mass is 283 g/mol. The Morgan fingerprint density at radius 2 is 1.90 bits per heavy atom. The number of amides is 2. The summed E-state index contributed by atoms with van der Waals surface area (Å²) in [5.41, 5.74) is 5.44. The third-order valence-corrected chi connectivity index (χ3v) is 3.51. The molecule has 0 atom stereocenters. The van der Waals surface area contributed by atoms with Crippen molar-refractivity contribution < 1.29 is 4.79 Å². The van der Waals surface area contributed by atoms with Crippen LogP contribution in [-0.4, -0.2) is 17.6 Å². The molecule has 21 heavy (non-hydrogen) atoms. The zero-order chi connectivity index (χ0) is 15.2. The van der Waals surface area contributed by atoms with E-state index in [1.54, 1.807) is 6.20 Å². The molecule has 0 radical (unpaired) electrons. The molecule has 4 heteroatoms. The number of nitrogens with zero attached hydrogens (tertiary/aromatic N) is 1. The minimum Gasteiger partial charge on any atom is -0.338 e. The Hall–Kier alpha value is -2.36. The van der Waals surface area contributed by atoms with E-state index in [0.29, 0.717) is 6.54 Å². The summed E-state index contributed by atoms with van der Waals surface area (Å²) in [7, 11) is 0. The van der Waals surface area contributed by atoms with Gasteiger partial charge in [-0.25, -0.2) is 4.79 Å². The van der Waals surface area contributed by atoms with Gasteiger partial charge in [0, 0.05) is 24.6 Å². The van der Waals surface area contributed by atoms with Crippen molar-refractivity contribution in [1.82, 2.24) is 10.3 Å². The van der Waals surface area contributed by atoms with Gasteiger partial charge in [0.2, 0.25) is 0 Å². The van der Waals surface area contributed by atoms with Crippen LogP contribution in [0.5, 0.6) is 0 Å². The molecular weight excluding hydrogens is 262 g/mol. The zero-order valence-corrected chi connectivity index (χ0v) is 12.7. The lowest BCUT2D eigenvalue weighted by Crippen LogP contribution is -2.30. The van der Waals surface area contributed by atoms with Crippen molar-refractivity contribution in [2.45, 2.75) is 27.2 Å². The third kappa shape index (κ3) is 4.31. The summed E-state index contributed by atoms with van der Waals surface area (Å²) >= 11 is 0. The Balaban J connectivity index is 1.86. The Kier molecular flexibility index (Phi) is 4.93. The van der Waals surface area contributed by atoms with E-state index in [9.17, 15) is 4.79 Å². The van der Waals surface area contributed by atoms with Crippen LogP contribution in [0.25, 0.3) is 0 Å². The average molecular weight is 283 g/mol. The van der Waals surface area contributed by atoms with Crippen LogP contribution in [0.15, 0.2) is 36.7 Å². The minimum atomic E-state index is -0.176. The molecule has 2 rings (SSSR count). The number of urea groups is 1. The normalized spacial score (nSPS) is 10.2. The molecule has 0 aliphatic carbocycles. The number of carbonyl (C=O) groups excluding carboxylic acids is 1. The molecule has 1 heterocycles. The lowest BCUT2D eigenvalue weighted by atomic mass is 10.1. The van der Waals surface area contributed by atoms with E-state index in [2.05, 4.69) is 28.6 Å². The highest BCUT2D eigenvalue weighted by Crippen LogP contribution is 2.19. The number of hydrogen-bond donors (Lipinski definition) is 2. The van der Waals surface area contributed by atoms with E-state index < -0.39 is 0 Å². The van der Waals surface area contributed by atoms with Gasteiger partial charge < -0.3 is 10.6 Å². The lowest BCUT2D eigenvalue weighted by Gasteiger charge is -2.12. The van der Waals surface area contributed by atoms with Crippen molar-refractivity contribution in [1.29, 1.82) is 0 Å². The first-order chi connectivity index (χ1) is 10.1. The molecule has 0 saturated carbocycles. The SMILES string of the molecule is Cc1cc(C)c(NC(=O)NCCc2cccnc2)cc1C. The number of hydrogen-bond acceptors (Lipinski definition) is 2. The van der Waals surface area contributed by atoms with E-state index in [-0.39, 0.29) is 6.03 Å². The third-order valence-electron chi connectivity index (χ3n) is 3.51. The molecule has 0 aliphatic rings. The van der Waals surface area contributed by atoms with Crippen molar-refractivity contribution >= 4 is 11.7 Å². The fourth-order valence-corrected chi connectivity index (χ4v) is 2.13. The molecule has 0 spiro atoms. The van der Waals surface area contributed by atoms with Gasteiger partial charge in [-0.1, -0.05) is 12.1 Å². The van der Waals surface area contributed by atoms with Gasteiger partial charge in [0.1, 0.15) is 0 Å². The topological polar surface area (TPSA) is 54.0 Å². The number of aromatic nitrogens is 1. The van der Waals surface area contributed by atoms with Crippen molar-refractivity contribution in [2.24, 2.45) is 0 Å². The smallest absolute Gasteiger partial charge is 0.319 e. The number of aryl methyl sites for hydroxylation is 3. The second-order valence-electron chi connectivity index (χ2n) is 5.24. The maximum absolute atomic E-state index is 11.9. The number of nitrogens with one attached hydrogen (secondary N) is 2. The Bertz CT molecular complexity index is 623. The highest BCUT2D eigenvalue weighted by molar-refractivity contribution is 5.90. The molecule has 4 nitrogen and oxygen atoms in total. The molecule has 0 saturated heterocycles. The van der Waals surface area contributed by atoms with Crippen molar-refractivity contribution in [3.05, 3.63) is 58.9 Å². The Morgan fingerprint density at radius 3 is 2.62 bits per heavy atom. The van der Waals surface area contributed by atoms with Gasteiger partial charge in [-0.05, 0) is 61.6 Å². The zero-order valence-electron chi connectivity index (χ0n) is 12.7. The highest BCUT2D eigenvalue weighted by atomic mass is 16.2. The molecule has 2 amide bonds. The van der Waals surface area contributed by atoms with E-state index in [4.69, 9.17) is 0 Å². The van der Waals surface area contributed by atoms with Crippen LogP contribution in [0.4, 0.5) is 10.5 Å². The maximum atomic E-state index is 11.9. The first-order valence-corrected chi connectivity index (χ1v) is 7.08. The molecule has 0 bridgehead atoms. The van der Waals surface area contributed by atoms with Gasteiger partial charge in [0.15, 0.2) is 0 Å². The average Bonchev–Trinajstić information content (AvgIpc) is 2.46. The van der Waals surface area contributed by atoms with Crippen LogP contribution in [-0.2, 0) is 6.42 Å². The predicted molar refractivity (Wildman–Crippen MR) is 85.6 cm³/mol. The van der Waals surface area contributed by atoms with E-state index in [1.807, 2.05) is 38.2 Å². The number of benzene rings is 1. The summed E-state index contributed by atoms with van der Waals surface area (Å²) < 4.78 is 0. The second kappa shape index (κ2) is 6.88. The Labute approximate surface area is 125 Å². The summed E-state index contributed by atoms with van der Waals surface area (Å²) in [4.78, 5) is 16.0. The van der Waals surface area contributed by atoms with Crippen molar-refractivity contribution in [2.75, 3.05) is 11.9 Å². The van der Waals surface area contributed by atoms with Crippen molar-refractivity contribution in [3.63, 3.8) is 0 Å². The Morgan fingerprint density at radius 1 is 1.14 bits per heavy atom. The predicted octanol–water partition coefficient (Wildman–Crippen LogP) is 3.37. The quantitative estimate of drug-likeness (QED) is 0.904. The molecular formula is C17H21N3O. The van der Waals surface area contributed by atoms with E-state index in [0.717, 1.165) is 23.2 Å². The van der Waals surface area contributed by atoms with Gasteiger partial charge in [-0.15, -0.1) is 0 Å². The van der Waals surface area contributed by atoms with Gasteiger partial charge in [0.05, 0.1) is 0 Å². The molecule has 0 fully saturated rings. The van der Waals surface area contributed by atoms with Crippen LogP contribution in [0.2, 0.25) is 0 Å². The standard InChI is InChI=1S/C17H21N3O/c1-12-9-14(3)16(10-13(12)2)20-17(21)19-8-6-15-5-4-7-18-11-15/h4-5,7,9-11H,6,8H2,1-3H3,(H2,19,20,21). The molecule has 2 aromatic rings. The number of pyridine rings is 1. The molecule has 110 valence electrons. The van der Waals surface area contributed by atoms with Crippen molar-refractivity contribution in [3.8, 4) is 0 Å². The summed E-state index contributed by atoms with van der Waals surface area (Å²) in [5.74, 6) is 0. The maximum Gasteiger partial charge on any atom is 0.319 e. The van der Waals surface area contributed by atoms with Crippen LogP contribution in [0.1, 0.15) is 22.3 Å². The fourth-order valence-electron chi connectivity index (χ4n) is 2.13. The van der Waals surface area contributed by atoms with Crippen LogP contribution in [0, 0.1) is 20.8 Å². The first kappa shape index (κ1) is 15.0. The number of carbonyl (C=O) groups is 1. The summed E-state index contributed by atoms with van der Waals surface area (Å²) in [5, 5.41) is 5.76. The van der Waals surface area contributed by atoms with Gasteiger partial charge in [-0.2, -0.15) is 0 Å². The molecule has 1 aromatic heterocycles. The van der Waals surface area contributed by atoms with Crippen LogP contribution in [0.3, 0.4) is 0 Å². The lowest BCUT2D eigenvalue weighted by molar-refractivity contribution is 0.252. The van der Waals surface area contributed by atoms with Gasteiger partial charge in [0.25, 0.3) is 0 Å². The largest absolute Gasteiger partial charge is 0.338 e. The van der Waals surface area contributed by atoms with Crippen LogP contribution < -0.4 is 10.6 Å². The number of anilines is 1. The number of rotatable bonds is 4. The second-order valence-corrected chi connectivity index (χ2v) is 5.24.